The van der Waals surface area contributed by atoms with Crippen LogP contribution in [0.3, 0.4) is 0 Å². The van der Waals surface area contributed by atoms with Crippen LogP contribution in [0.25, 0.3) is 21.3 Å². The number of hydrogen-bond acceptors (Lipinski definition) is 7. The molecule has 0 atom stereocenters. The van der Waals surface area contributed by atoms with Gasteiger partial charge in [-0.25, -0.2) is 14.1 Å². The van der Waals surface area contributed by atoms with E-state index in [0.29, 0.717) is 26.4 Å². The number of nitrogens with zero attached hydrogens (tertiary/aromatic N) is 6. The highest BCUT2D eigenvalue weighted by Gasteiger charge is 2.33. The maximum absolute atomic E-state index is 13.7. The maximum atomic E-state index is 13.7. The number of nitrogens with one attached hydrogen (secondary N) is 2. The van der Waals surface area contributed by atoms with Gasteiger partial charge in [0.25, 0.3) is 5.56 Å². The fourth-order valence-electron chi connectivity index (χ4n) is 3.37. The van der Waals surface area contributed by atoms with E-state index < -0.39 is 23.5 Å². The summed E-state index contributed by atoms with van der Waals surface area (Å²) < 4.78 is 58.5. The molecular weight excluding hydrogens is 456 g/mol. The topological polar surface area (TPSA) is 119 Å². The van der Waals surface area contributed by atoms with Gasteiger partial charge in [0.05, 0.1) is 41.2 Å². The fraction of sp³-hybridized carbons (Fsp3) is 0.235. The Morgan fingerprint density at radius 1 is 1.16 bits per heavy atom. The van der Waals surface area contributed by atoms with Crippen molar-refractivity contribution in [3.05, 3.63) is 51.2 Å². The largest absolute Gasteiger partial charge is 0.573 e. The van der Waals surface area contributed by atoms with E-state index in [2.05, 4.69) is 35.2 Å². The number of ether oxygens (including phenoxy) is 1. The standard InChI is InChI=1S/C17H12F4N8O2S/c1-28-13-7(14-15(28)25-12(32-14)2-9-8(18)4-22-26-9)3-24-29(16(13)30)6-10-11(5-23-27-10)31-17(19,20)21/h3-5H,2,6H2,1H3,(H,22,26)(H,23,27). The van der Waals surface area contributed by atoms with E-state index in [4.69, 9.17) is 0 Å². The van der Waals surface area contributed by atoms with Crippen LogP contribution >= 0.6 is 11.3 Å². The third-order valence-corrected chi connectivity index (χ3v) is 5.85. The molecule has 0 radical (unpaired) electrons. The number of rotatable bonds is 5. The first-order valence-corrected chi connectivity index (χ1v) is 9.82. The molecule has 2 N–H and O–H groups in total. The van der Waals surface area contributed by atoms with Crippen molar-refractivity contribution in [2.45, 2.75) is 19.3 Å². The van der Waals surface area contributed by atoms with Gasteiger partial charge in [0.1, 0.15) is 10.5 Å². The first-order chi connectivity index (χ1) is 15.2. The minimum absolute atomic E-state index is 0.0608. The maximum Gasteiger partial charge on any atom is 0.573 e. The predicted molar refractivity (Wildman–Crippen MR) is 104 cm³/mol. The number of fused-ring (bicyclic) bond motifs is 3. The molecule has 0 spiro atoms. The molecule has 0 amide bonds. The number of H-pyrrole nitrogens is 2. The Hall–Kier alpha value is -3.75. The Labute approximate surface area is 178 Å². The summed E-state index contributed by atoms with van der Waals surface area (Å²) in [7, 11) is 1.64. The zero-order valence-corrected chi connectivity index (χ0v) is 16.9. The van der Waals surface area contributed by atoms with E-state index in [0.717, 1.165) is 17.1 Å². The second-order valence-corrected chi connectivity index (χ2v) is 7.91. The third kappa shape index (κ3) is 3.39. The lowest BCUT2D eigenvalue weighted by Gasteiger charge is -2.09. The number of aromatic amines is 2. The number of alkyl halides is 3. The Balaban J connectivity index is 1.52. The third-order valence-electron chi connectivity index (χ3n) is 4.78. The van der Waals surface area contributed by atoms with Gasteiger partial charge in [0.2, 0.25) is 0 Å². The summed E-state index contributed by atoms with van der Waals surface area (Å²) in [5.41, 5.74) is 0.508. The van der Waals surface area contributed by atoms with Crippen LogP contribution in [-0.2, 0) is 20.0 Å². The Kier molecular flexibility index (Phi) is 4.51. The average Bonchev–Trinajstić information content (AvgIpc) is 3.47. The molecule has 0 aliphatic heterocycles. The summed E-state index contributed by atoms with van der Waals surface area (Å²) in [6, 6.07) is 0. The van der Waals surface area contributed by atoms with E-state index in [1.807, 2.05) is 0 Å². The van der Waals surface area contributed by atoms with E-state index >= 15 is 0 Å². The molecule has 0 saturated heterocycles. The van der Waals surface area contributed by atoms with Gasteiger partial charge >= 0.3 is 6.36 Å². The molecule has 5 aromatic heterocycles. The second kappa shape index (κ2) is 7.15. The highest BCUT2D eigenvalue weighted by atomic mass is 32.1. The quantitative estimate of drug-likeness (QED) is 0.383. The van der Waals surface area contributed by atoms with Gasteiger partial charge in [0.15, 0.2) is 17.2 Å². The molecule has 0 saturated carbocycles. The summed E-state index contributed by atoms with van der Waals surface area (Å²) in [5, 5.41) is 17.4. The van der Waals surface area contributed by atoms with Gasteiger partial charge in [-0.1, -0.05) is 0 Å². The van der Waals surface area contributed by atoms with Gasteiger partial charge in [-0.2, -0.15) is 15.3 Å². The first kappa shape index (κ1) is 20.2. The number of aryl methyl sites for hydroxylation is 1. The molecular formula is C17H12F4N8O2S. The Morgan fingerprint density at radius 3 is 2.62 bits per heavy atom. The normalized spacial score (nSPS) is 12.3. The van der Waals surface area contributed by atoms with Gasteiger partial charge < -0.3 is 9.30 Å². The minimum atomic E-state index is -4.90. The van der Waals surface area contributed by atoms with Crippen molar-refractivity contribution in [2.24, 2.45) is 7.05 Å². The molecule has 5 heterocycles. The van der Waals surface area contributed by atoms with Crippen LogP contribution in [0, 0.1) is 5.82 Å². The summed E-state index contributed by atoms with van der Waals surface area (Å²) >= 11 is 1.29. The smallest absolute Gasteiger partial charge is 0.402 e. The highest BCUT2D eigenvalue weighted by Crippen LogP contribution is 2.32. The van der Waals surface area contributed by atoms with Crippen molar-refractivity contribution >= 4 is 32.6 Å². The molecule has 0 aliphatic carbocycles. The lowest BCUT2D eigenvalue weighted by Crippen LogP contribution is -2.25. The van der Waals surface area contributed by atoms with Crippen LogP contribution in [-0.4, -0.2) is 46.1 Å². The number of hydrogen-bond donors (Lipinski definition) is 2. The molecule has 15 heteroatoms. The molecule has 0 aromatic carbocycles. The van der Waals surface area contributed by atoms with Crippen LogP contribution in [0.2, 0.25) is 0 Å². The Bertz CT molecular complexity index is 1510. The molecule has 32 heavy (non-hydrogen) atoms. The van der Waals surface area contributed by atoms with E-state index in [1.54, 1.807) is 11.6 Å². The summed E-state index contributed by atoms with van der Waals surface area (Å²) in [5.74, 6) is -1.01. The zero-order valence-electron chi connectivity index (χ0n) is 16.1. The fourth-order valence-corrected chi connectivity index (χ4v) is 4.49. The summed E-state index contributed by atoms with van der Waals surface area (Å²) in [6.07, 6.45) is -1.29. The average molecular weight is 468 g/mol. The molecule has 0 bridgehead atoms. The Morgan fingerprint density at radius 2 is 1.91 bits per heavy atom. The lowest BCUT2D eigenvalue weighted by atomic mass is 10.3. The first-order valence-electron chi connectivity index (χ1n) is 9.01. The van der Waals surface area contributed by atoms with Crippen LogP contribution < -0.4 is 10.3 Å². The van der Waals surface area contributed by atoms with Crippen molar-refractivity contribution in [3.63, 3.8) is 0 Å². The van der Waals surface area contributed by atoms with E-state index in [9.17, 15) is 22.4 Å². The SMILES string of the molecule is Cn1c2nc(Cc3[nH]ncc3F)sc2c2cnn(Cc3[nH]ncc3OC(F)(F)F)c(=O)c21. The lowest BCUT2D eigenvalue weighted by molar-refractivity contribution is -0.274. The number of halogens is 4. The van der Waals surface area contributed by atoms with Crippen molar-refractivity contribution in [1.29, 1.82) is 0 Å². The number of aromatic nitrogens is 8. The van der Waals surface area contributed by atoms with Crippen molar-refractivity contribution < 1.29 is 22.3 Å². The van der Waals surface area contributed by atoms with Crippen LogP contribution in [0.15, 0.2) is 23.4 Å². The molecule has 0 unspecified atom stereocenters. The van der Waals surface area contributed by atoms with Crippen molar-refractivity contribution in [3.8, 4) is 5.75 Å². The summed E-state index contributed by atoms with van der Waals surface area (Å²) in [6.45, 7) is -0.309. The van der Waals surface area contributed by atoms with Gasteiger partial charge in [0, 0.05) is 18.9 Å². The highest BCUT2D eigenvalue weighted by molar-refractivity contribution is 7.19. The van der Waals surface area contributed by atoms with Crippen LogP contribution in [0.5, 0.6) is 5.75 Å². The van der Waals surface area contributed by atoms with Crippen LogP contribution in [0.4, 0.5) is 17.6 Å². The van der Waals surface area contributed by atoms with E-state index in [-0.39, 0.29) is 24.2 Å². The zero-order chi connectivity index (χ0) is 22.6. The van der Waals surface area contributed by atoms with Crippen molar-refractivity contribution in [1.82, 2.24) is 39.7 Å². The van der Waals surface area contributed by atoms with Crippen molar-refractivity contribution in [2.75, 3.05) is 0 Å². The molecule has 0 fully saturated rings. The van der Waals surface area contributed by atoms with Gasteiger partial charge in [-0.05, 0) is 0 Å². The van der Waals surface area contributed by atoms with Gasteiger partial charge in [-0.15, -0.1) is 24.5 Å². The molecule has 166 valence electrons. The van der Waals surface area contributed by atoms with E-state index in [1.165, 1.54) is 17.5 Å². The molecule has 5 aromatic rings. The summed E-state index contributed by atoms with van der Waals surface area (Å²) in [4.78, 5) is 17.5. The minimum Gasteiger partial charge on any atom is -0.402 e. The molecule has 10 nitrogen and oxygen atoms in total. The van der Waals surface area contributed by atoms with Crippen LogP contribution in [0.1, 0.15) is 16.4 Å². The predicted octanol–water partition coefficient (Wildman–Crippen LogP) is 2.47. The number of thiazole rings is 1. The molecule has 0 aliphatic rings. The monoisotopic (exact) mass is 468 g/mol. The van der Waals surface area contributed by atoms with Gasteiger partial charge in [-0.3, -0.25) is 15.0 Å². The second-order valence-electron chi connectivity index (χ2n) is 6.82. The molecule has 5 rings (SSSR count).